The maximum absolute atomic E-state index is 12.0. The number of carbonyl (C=O) groups is 1. The Balaban J connectivity index is 1.34. The smallest absolute Gasteiger partial charge is 0.229 e. The first-order valence-electron chi connectivity index (χ1n) is 13.5. The first-order valence-corrected chi connectivity index (χ1v) is 13.5. The number of aliphatic hydroxyl groups excluding tert-OH is 1. The molecule has 11 heteroatoms. The van der Waals surface area contributed by atoms with Gasteiger partial charge in [0.2, 0.25) is 11.9 Å². The summed E-state index contributed by atoms with van der Waals surface area (Å²) < 4.78 is 1.89. The molecule has 3 heterocycles. The largest absolute Gasteiger partial charge is 0.390 e. The lowest BCUT2D eigenvalue weighted by molar-refractivity contribution is -0.122. The number of rotatable bonds is 8. The normalized spacial score (nSPS) is 20.7. The monoisotopic (exact) mass is 527 g/mol. The van der Waals surface area contributed by atoms with Crippen molar-refractivity contribution in [2.75, 3.05) is 28.6 Å². The molecule has 4 aromatic rings. The van der Waals surface area contributed by atoms with Crippen molar-refractivity contribution in [2.45, 2.75) is 51.3 Å². The van der Waals surface area contributed by atoms with Crippen LogP contribution in [-0.4, -0.2) is 55.2 Å². The molecule has 0 spiro atoms. The van der Waals surface area contributed by atoms with Gasteiger partial charge in [0.25, 0.3) is 0 Å². The summed E-state index contributed by atoms with van der Waals surface area (Å²) in [7, 11) is 0. The number of amides is 1. The Morgan fingerprint density at radius 2 is 2.10 bits per heavy atom. The number of nitrogens with zero attached hydrogens (tertiary/aromatic N) is 6. The minimum atomic E-state index is -0.588. The summed E-state index contributed by atoms with van der Waals surface area (Å²) in [5.41, 5.74) is 11.2. The van der Waals surface area contributed by atoms with Crippen molar-refractivity contribution in [3.8, 4) is 0 Å². The third-order valence-electron chi connectivity index (χ3n) is 7.64. The van der Waals surface area contributed by atoms with Crippen LogP contribution in [0.15, 0.2) is 48.7 Å². The average Bonchev–Trinajstić information content (AvgIpc) is 3.49. The zero-order chi connectivity index (χ0) is 26.9. The van der Waals surface area contributed by atoms with E-state index >= 15 is 0 Å². The third kappa shape index (κ3) is 4.97. The second-order valence-corrected chi connectivity index (χ2v) is 10.3. The molecule has 6 rings (SSSR count). The molecule has 11 nitrogen and oxygen atoms in total. The van der Waals surface area contributed by atoms with Crippen LogP contribution in [0, 0.1) is 5.92 Å². The molecule has 1 aliphatic heterocycles. The van der Waals surface area contributed by atoms with Crippen molar-refractivity contribution in [1.82, 2.24) is 25.0 Å². The Kier molecular flexibility index (Phi) is 6.74. The molecule has 39 heavy (non-hydrogen) atoms. The maximum Gasteiger partial charge on any atom is 0.229 e. The lowest BCUT2D eigenvalue weighted by Gasteiger charge is -2.34. The lowest BCUT2D eigenvalue weighted by Crippen LogP contribution is -2.41. The molecule has 0 radical (unpaired) electrons. The number of aromatic nitrogens is 5. The number of hydrogen-bond acceptors (Lipinski definition) is 9. The standard InChI is InChI=1S/C28H33N9O2/c1-2-11-37-22-14-19(9-10-21(22)34-35-37)31-28-30-15-23(36-12-5-7-18(16-36)26(29)39)27(33-28)32-25-20-8-4-3-6-17(20)13-24(25)38/h3-4,6,8-10,14-15,18,24-25,38H,2,5,7,11-13,16H2,1H3,(H2,29,39)(H2,30,31,32,33). The molecule has 1 saturated heterocycles. The molecule has 1 amide bonds. The molecule has 2 aromatic heterocycles. The van der Waals surface area contributed by atoms with Crippen molar-refractivity contribution < 1.29 is 9.90 Å². The Bertz CT molecular complexity index is 1500. The minimum absolute atomic E-state index is 0.226. The number of primary amides is 1. The molecule has 1 fully saturated rings. The number of aliphatic hydroxyl groups is 1. The lowest BCUT2D eigenvalue weighted by atomic mass is 9.97. The van der Waals surface area contributed by atoms with E-state index < -0.39 is 6.10 Å². The summed E-state index contributed by atoms with van der Waals surface area (Å²) in [5.74, 6) is 0.493. The van der Waals surface area contributed by atoms with Gasteiger partial charge in [-0.15, -0.1) is 5.10 Å². The van der Waals surface area contributed by atoms with E-state index in [9.17, 15) is 9.90 Å². The van der Waals surface area contributed by atoms with E-state index in [0.29, 0.717) is 24.7 Å². The van der Waals surface area contributed by atoms with Gasteiger partial charge in [0, 0.05) is 31.7 Å². The maximum atomic E-state index is 12.0. The van der Waals surface area contributed by atoms with Crippen LogP contribution in [0.2, 0.25) is 0 Å². The van der Waals surface area contributed by atoms with E-state index in [1.54, 1.807) is 6.20 Å². The topological polar surface area (TPSA) is 147 Å². The summed E-state index contributed by atoms with van der Waals surface area (Å²) in [4.78, 5) is 23.6. The number of hydrogen-bond donors (Lipinski definition) is 4. The molecule has 0 bridgehead atoms. The van der Waals surface area contributed by atoms with E-state index in [1.165, 1.54) is 0 Å². The summed E-state index contributed by atoms with van der Waals surface area (Å²) in [6, 6.07) is 13.6. The minimum Gasteiger partial charge on any atom is -0.390 e. The number of fused-ring (bicyclic) bond motifs is 2. The number of aryl methyl sites for hydroxylation is 1. The molecule has 202 valence electrons. The van der Waals surface area contributed by atoms with Gasteiger partial charge in [0.05, 0.1) is 35.5 Å². The van der Waals surface area contributed by atoms with Gasteiger partial charge in [-0.1, -0.05) is 36.4 Å². The van der Waals surface area contributed by atoms with Gasteiger partial charge in [-0.2, -0.15) is 4.98 Å². The predicted octanol–water partition coefficient (Wildman–Crippen LogP) is 3.15. The zero-order valence-corrected chi connectivity index (χ0v) is 21.9. The second-order valence-electron chi connectivity index (χ2n) is 10.3. The summed E-state index contributed by atoms with van der Waals surface area (Å²) in [6.45, 7) is 4.16. The highest BCUT2D eigenvalue weighted by Crippen LogP contribution is 2.37. The van der Waals surface area contributed by atoms with E-state index in [2.05, 4.69) is 37.8 Å². The number of nitrogens with one attached hydrogen (secondary N) is 2. The van der Waals surface area contributed by atoms with Gasteiger partial charge in [0.15, 0.2) is 5.82 Å². The fourth-order valence-electron chi connectivity index (χ4n) is 5.65. The fraction of sp³-hybridized carbons (Fsp3) is 0.393. The summed E-state index contributed by atoms with van der Waals surface area (Å²) in [6.07, 6.45) is 4.34. The van der Waals surface area contributed by atoms with E-state index in [4.69, 9.17) is 10.7 Å². The Morgan fingerprint density at radius 3 is 2.95 bits per heavy atom. The Hall–Kier alpha value is -4.25. The average molecular weight is 528 g/mol. The van der Waals surface area contributed by atoms with Crippen molar-refractivity contribution in [1.29, 1.82) is 0 Å². The fourth-order valence-corrected chi connectivity index (χ4v) is 5.65. The molecule has 1 aliphatic carbocycles. The van der Waals surface area contributed by atoms with Gasteiger partial charge in [0.1, 0.15) is 5.52 Å². The number of carbonyl (C=O) groups excluding carboxylic acids is 1. The molecule has 2 aliphatic rings. The molecular formula is C28H33N9O2. The number of anilines is 4. The van der Waals surface area contributed by atoms with Crippen LogP contribution in [0.3, 0.4) is 0 Å². The van der Waals surface area contributed by atoms with Crippen LogP contribution in [0.5, 0.6) is 0 Å². The first-order chi connectivity index (χ1) is 19.0. The summed E-state index contributed by atoms with van der Waals surface area (Å²) in [5, 5.41) is 26.3. The first kappa shape index (κ1) is 25.1. The van der Waals surface area contributed by atoms with Crippen LogP contribution < -0.4 is 21.3 Å². The number of nitrogens with two attached hydrogens (primary N) is 1. The molecule has 5 N–H and O–H groups in total. The van der Waals surface area contributed by atoms with Crippen molar-refractivity contribution in [3.63, 3.8) is 0 Å². The molecule has 3 unspecified atom stereocenters. The zero-order valence-electron chi connectivity index (χ0n) is 21.9. The van der Waals surface area contributed by atoms with Gasteiger partial charge >= 0.3 is 0 Å². The van der Waals surface area contributed by atoms with Crippen molar-refractivity contribution >= 4 is 40.1 Å². The molecule has 0 saturated carbocycles. The van der Waals surface area contributed by atoms with Gasteiger partial charge in [-0.3, -0.25) is 4.79 Å². The highest BCUT2D eigenvalue weighted by molar-refractivity contribution is 5.80. The second kappa shape index (κ2) is 10.5. The van der Waals surface area contributed by atoms with Gasteiger partial charge < -0.3 is 26.4 Å². The number of benzene rings is 2. The van der Waals surface area contributed by atoms with E-state index in [-0.39, 0.29) is 17.9 Å². The highest BCUT2D eigenvalue weighted by Gasteiger charge is 2.33. The Labute approximate surface area is 226 Å². The van der Waals surface area contributed by atoms with Crippen molar-refractivity contribution in [2.24, 2.45) is 11.7 Å². The van der Waals surface area contributed by atoms with Gasteiger partial charge in [-0.25, -0.2) is 9.67 Å². The van der Waals surface area contributed by atoms with Gasteiger partial charge in [-0.05, 0) is 48.6 Å². The SMILES string of the molecule is CCCn1nnc2ccc(Nc3ncc(N4CCCC(C(N)=O)C4)c(NC4c5ccccc5CC4O)n3)cc21. The number of piperidine rings is 1. The van der Waals surface area contributed by atoms with Crippen LogP contribution in [0.1, 0.15) is 43.4 Å². The van der Waals surface area contributed by atoms with E-state index in [0.717, 1.165) is 65.9 Å². The molecular weight excluding hydrogens is 494 g/mol. The van der Waals surface area contributed by atoms with Crippen LogP contribution >= 0.6 is 0 Å². The quantitative estimate of drug-likeness (QED) is 0.271. The van der Waals surface area contributed by atoms with Crippen LogP contribution in [0.25, 0.3) is 11.0 Å². The van der Waals surface area contributed by atoms with Crippen LogP contribution in [-0.2, 0) is 17.8 Å². The van der Waals surface area contributed by atoms with Crippen LogP contribution in [0.4, 0.5) is 23.1 Å². The predicted molar refractivity (Wildman–Crippen MR) is 150 cm³/mol. The molecule has 2 aromatic carbocycles. The molecule has 3 atom stereocenters. The van der Waals surface area contributed by atoms with E-state index in [1.807, 2.05) is 47.1 Å². The summed E-state index contributed by atoms with van der Waals surface area (Å²) >= 11 is 0. The third-order valence-corrected chi connectivity index (χ3v) is 7.64. The highest BCUT2D eigenvalue weighted by atomic mass is 16.3. The van der Waals surface area contributed by atoms with Crippen molar-refractivity contribution in [3.05, 3.63) is 59.8 Å². The Morgan fingerprint density at radius 1 is 1.23 bits per heavy atom.